The van der Waals surface area contributed by atoms with Gasteiger partial charge in [0.1, 0.15) is 5.82 Å². The Morgan fingerprint density at radius 2 is 2.00 bits per heavy atom. The fourth-order valence-electron chi connectivity index (χ4n) is 2.25. The van der Waals surface area contributed by atoms with E-state index in [1.807, 2.05) is 18.2 Å². The quantitative estimate of drug-likeness (QED) is 0.478. The minimum absolute atomic E-state index is 0.411. The average molecular weight is 235 g/mol. The normalized spacial score (nSPS) is 17.7. The molecule has 0 atom stereocenters. The van der Waals surface area contributed by atoms with E-state index in [0.717, 1.165) is 5.69 Å². The molecule has 0 bridgehead atoms. The molecule has 17 heavy (non-hydrogen) atoms. The highest BCUT2D eigenvalue weighted by molar-refractivity contribution is 5.33. The van der Waals surface area contributed by atoms with Crippen LogP contribution in [0.4, 0.5) is 5.82 Å². The van der Waals surface area contributed by atoms with Gasteiger partial charge in [-0.1, -0.05) is 31.7 Å². The first-order valence-corrected chi connectivity index (χ1v) is 6.42. The molecule has 1 aliphatic rings. The van der Waals surface area contributed by atoms with Crippen molar-refractivity contribution in [1.29, 1.82) is 0 Å². The van der Waals surface area contributed by atoms with E-state index < -0.39 is 0 Å². The molecule has 1 aromatic rings. The number of anilines is 1. The van der Waals surface area contributed by atoms with E-state index in [1.165, 1.54) is 38.5 Å². The molecule has 94 valence electrons. The molecular formula is C13H21N3O. The molecule has 0 amide bonds. The summed E-state index contributed by atoms with van der Waals surface area (Å²) in [5.41, 5.74) is 3.48. The lowest BCUT2D eigenvalue weighted by molar-refractivity contribution is 0.0293. The van der Waals surface area contributed by atoms with Crippen LogP contribution in [0.1, 0.15) is 44.2 Å². The van der Waals surface area contributed by atoms with Crippen molar-refractivity contribution in [3.05, 3.63) is 23.9 Å². The molecule has 1 saturated carbocycles. The van der Waals surface area contributed by atoms with Crippen molar-refractivity contribution >= 4 is 5.82 Å². The van der Waals surface area contributed by atoms with Crippen molar-refractivity contribution in [2.45, 2.75) is 51.2 Å². The molecule has 0 radical (unpaired) electrons. The third-order valence-electron chi connectivity index (χ3n) is 3.22. The van der Waals surface area contributed by atoms with Gasteiger partial charge >= 0.3 is 0 Å². The number of ether oxygens (including phenoxy) is 1. The second-order valence-corrected chi connectivity index (χ2v) is 4.58. The minimum Gasteiger partial charge on any atom is -0.372 e. The molecule has 2 rings (SSSR count). The Labute approximate surface area is 103 Å². The van der Waals surface area contributed by atoms with Crippen LogP contribution in [0.3, 0.4) is 0 Å². The maximum Gasteiger partial charge on any atom is 0.140 e. The standard InChI is InChI=1S/C13H21N3O/c14-16-13-9-5-6-11(15-13)10-17-12-7-3-1-2-4-8-12/h5-6,9,12H,1-4,7-8,10,14H2,(H,15,16). The third kappa shape index (κ3) is 3.98. The first kappa shape index (κ1) is 12.3. The van der Waals surface area contributed by atoms with Crippen molar-refractivity contribution < 1.29 is 4.74 Å². The van der Waals surface area contributed by atoms with Gasteiger partial charge in [-0.2, -0.15) is 0 Å². The zero-order valence-corrected chi connectivity index (χ0v) is 10.2. The summed E-state index contributed by atoms with van der Waals surface area (Å²) in [6.07, 6.45) is 8.08. The van der Waals surface area contributed by atoms with Crippen LogP contribution >= 0.6 is 0 Å². The van der Waals surface area contributed by atoms with Gasteiger partial charge in [0.15, 0.2) is 0 Å². The van der Waals surface area contributed by atoms with Gasteiger partial charge in [0.05, 0.1) is 18.4 Å². The molecule has 1 aliphatic carbocycles. The van der Waals surface area contributed by atoms with Gasteiger partial charge < -0.3 is 10.2 Å². The number of rotatable bonds is 4. The Morgan fingerprint density at radius 3 is 2.71 bits per heavy atom. The summed E-state index contributed by atoms with van der Waals surface area (Å²) in [4.78, 5) is 4.34. The lowest BCUT2D eigenvalue weighted by atomic mass is 10.1. The predicted octanol–water partition coefficient (Wildman–Crippen LogP) is 2.61. The second-order valence-electron chi connectivity index (χ2n) is 4.58. The number of hydrazine groups is 1. The summed E-state index contributed by atoms with van der Waals surface area (Å²) in [6, 6.07) is 5.75. The Hall–Kier alpha value is -1.13. The van der Waals surface area contributed by atoms with Gasteiger partial charge in [-0.05, 0) is 25.0 Å². The van der Waals surface area contributed by atoms with Gasteiger partial charge in [0.2, 0.25) is 0 Å². The lowest BCUT2D eigenvalue weighted by Crippen LogP contribution is -2.13. The first-order valence-electron chi connectivity index (χ1n) is 6.42. The molecule has 4 nitrogen and oxygen atoms in total. The maximum atomic E-state index is 5.92. The van der Waals surface area contributed by atoms with Gasteiger partial charge in [0.25, 0.3) is 0 Å². The molecule has 1 heterocycles. The van der Waals surface area contributed by atoms with Crippen molar-refractivity contribution in [3.8, 4) is 0 Å². The van der Waals surface area contributed by atoms with E-state index in [4.69, 9.17) is 10.6 Å². The second kappa shape index (κ2) is 6.57. The molecule has 0 saturated heterocycles. The largest absolute Gasteiger partial charge is 0.372 e. The predicted molar refractivity (Wildman–Crippen MR) is 68.3 cm³/mol. The van der Waals surface area contributed by atoms with Crippen LogP contribution in [-0.4, -0.2) is 11.1 Å². The summed E-state index contributed by atoms with van der Waals surface area (Å²) in [5, 5.41) is 0. The van der Waals surface area contributed by atoms with Crippen molar-refractivity contribution in [3.63, 3.8) is 0 Å². The molecule has 3 N–H and O–H groups in total. The van der Waals surface area contributed by atoms with E-state index >= 15 is 0 Å². The molecule has 0 unspecified atom stereocenters. The topological polar surface area (TPSA) is 60.2 Å². The summed E-state index contributed by atoms with van der Waals surface area (Å²) < 4.78 is 5.92. The smallest absolute Gasteiger partial charge is 0.140 e. The third-order valence-corrected chi connectivity index (χ3v) is 3.22. The SMILES string of the molecule is NNc1cccc(COC2CCCCCC2)n1. The van der Waals surface area contributed by atoms with E-state index in [-0.39, 0.29) is 0 Å². The van der Waals surface area contributed by atoms with Crippen LogP contribution in [0.2, 0.25) is 0 Å². The Balaban J connectivity index is 1.83. The Kier molecular flexibility index (Phi) is 4.76. The lowest BCUT2D eigenvalue weighted by Gasteiger charge is -2.15. The maximum absolute atomic E-state index is 5.92. The number of hydrogen-bond acceptors (Lipinski definition) is 4. The van der Waals surface area contributed by atoms with Gasteiger partial charge in [-0.3, -0.25) is 0 Å². The molecule has 1 aromatic heterocycles. The molecule has 0 aromatic carbocycles. The average Bonchev–Trinajstić information content (AvgIpc) is 2.65. The number of nitrogen functional groups attached to an aromatic ring is 1. The summed E-state index contributed by atoms with van der Waals surface area (Å²) in [5.74, 6) is 6.01. The van der Waals surface area contributed by atoms with E-state index in [2.05, 4.69) is 10.4 Å². The summed E-state index contributed by atoms with van der Waals surface area (Å²) in [7, 11) is 0. The fraction of sp³-hybridized carbons (Fsp3) is 0.615. The number of pyridine rings is 1. The summed E-state index contributed by atoms with van der Waals surface area (Å²) >= 11 is 0. The molecule has 0 aliphatic heterocycles. The minimum atomic E-state index is 0.411. The first-order chi connectivity index (χ1) is 8.38. The highest BCUT2D eigenvalue weighted by Crippen LogP contribution is 2.20. The van der Waals surface area contributed by atoms with E-state index in [0.29, 0.717) is 18.5 Å². The highest BCUT2D eigenvalue weighted by Gasteiger charge is 2.12. The summed E-state index contributed by atoms with van der Waals surface area (Å²) in [6.45, 7) is 0.584. The van der Waals surface area contributed by atoms with Crippen molar-refractivity contribution in [2.75, 3.05) is 5.43 Å². The van der Waals surface area contributed by atoms with Crippen LogP contribution in [-0.2, 0) is 11.3 Å². The van der Waals surface area contributed by atoms with Crippen molar-refractivity contribution in [2.24, 2.45) is 5.84 Å². The Morgan fingerprint density at radius 1 is 1.24 bits per heavy atom. The van der Waals surface area contributed by atoms with Crippen LogP contribution in [0.15, 0.2) is 18.2 Å². The van der Waals surface area contributed by atoms with Gasteiger partial charge in [0, 0.05) is 0 Å². The number of aromatic nitrogens is 1. The van der Waals surface area contributed by atoms with Gasteiger partial charge in [-0.15, -0.1) is 0 Å². The molecule has 1 fully saturated rings. The number of nitrogens with one attached hydrogen (secondary N) is 1. The zero-order valence-electron chi connectivity index (χ0n) is 10.2. The van der Waals surface area contributed by atoms with Crippen LogP contribution in [0.5, 0.6) is 0 Å². The zero-order chi connectivity index (χ0) is 11.9. The number of hydrogen-bond donors (Lipinski definition) is 2. The highest BCUT2D eigenvalue weighted by atomic mass is 16.5. The van der Waals surface area contributed by atoms with Crippen LogP contribution in [0, 0.1) is 0 Å². The van der Waals surface area contributed by atoms with Crippen molar-refractivity contribution in [1.82, 2.24) is 4.98 Å². The monoisotopic (exact) mass is 235 g/mol. The van der Waals surface area contributed by atoms with Crippen LogP contribution in [0.25, 0.3) is 0 Å². The van der Waals surface area contributed by atoms with E-state index in [1.54, 1.807) is 0 Å². The Bertz CT molecular complexity index is 335. The molecule has 0 spiro atoms. The van der Waals surface area contributed by atoms with E-state index in [9.17, 15) is 0 Å². The van der Waals surface area contributed by atoms with Gasteiger partial charge in [-0.25, -0.2) is 10.8 Å². The molecular weight excluding hydrogens is 214 g/mol. The number of nitrogens with zero attached hydrogens (tertiary/aromatic N) is 1. The number of nitrogens with two attached hydrogens (primary N) is 1. The molecule has 4 heteroatoms. The van der Waals surface area contributed by atoms with Crippen LogP contribution < -0.4 is 11.3 Å². The fourth-order valence-corrected chi connectivity index (χ4v) is 2.25.